The monoisotopic (exact) mass is 275 g/mol. The van der Waals surface area contributed by atoms with Crippen LogP contribution in [0.25, 0.3) is 10.8 Å². The van der Waals surface area contributed by atoms with E-state index in [1.54, 1.807) is 0 Å². The van der Waals surface area contributed by atoms with Gasteiger partial charge in [0, 0.05) is 5.54 Å². The second-order valence-electron chi connectivity index (χ2n) is 6.61. The van der Waals surface area contributed by atoms with Crippen LogP contribution in [0, 0.1) is 11.8 Å². The van der Waals surface area contributed by atoms with E-state index in [1.807, 2.05) is 0 Å². The van der Waals surface area contributed by atoms with E-state index in [1.165, 1.54) is 16.3 Å². The fourth-order valence-corrected chi connectivity index (χ4v) is 3.76. The van der Waals surface area contributed by atoms with Gasteiger partial charge >= 0.3 is 0 Å². The minimum atomic E-state index is 0.00262. The SMILES string of the molecule is NC1(Cc2ccc3ccccc3c2)CC1C1C=CC=CC1. The van der Waals surface area contributed by atoms with E-state index in [0.29, 0.717) is 11.8 Å². The topological polar surface area (TPSA) is 26.0 Å². The third kappa shape index (κ3) is 2.43. The van der Waals surface area contributed by atoms with Crippen LogP contribution in [0.4, 0.5) is 0 Å². The van der Waals surface area contributed by atoms with E-state index in [9.17, 15) is 0 Å². The molecule has 106 valence electrons. The number of fused-ring (bicyclic) bond motifs is 1. The van der Waals surface area contributed by atoms with Crippen molar-refractivity contribution in [2.24, 2.45) is 17.6 Å². The molecule has 1 nitrogen and oxygen atoms in total. The number of hydrogen-bond donors (Lipinski definition) is 1. The first-order valence-electron chi connectivity index (χ1n) is 7.84. The predicted molar refractivity (Wildman–Crippen MR) is 89.1 cm³/mol. The van der Waals surface area contributed by atoms with Gasteiger partial charge in [0.1, 0.15) is 0 Å². The highest BCUT2D eigenvalue weighted by Crippen LogP contribution is 2.50. The lowest BCUT2D eigenvalue weighted by Crippen LogP contribution is -2.30. The van der Waals surface area contributed by atoms with Gasteiger partial charge in [-0.05, 0) is 47.4 Å². The number of benzene rings is 2. The number of nitrogens with two attached hydrogens (primary N) is 1. The predicted octanol–water partition coefficient (Wildman–Crippen LogP) is 4.23. The standard InChI is InChI=1S/C20H21N/c21-20(14-19(20)17-7-2-1-3-8-17)13-15-10-11-16-6-4-5-9-18(16)12-15/h1-7,9-12,17,19H,8,13-14,21H2. The molecule has 3 unspecified atom stereocenters. The number of rotatable bonds is 3. The second kappa shape index (κ2) is 4.85. The summed E-state index contributed by atoms with van der Waals surface area (Å²) < 4.78 is 0. The summed E-state index contributed by atoms with van der Waals surface area (Å²) >= 11 is 0. The molecule has 1 saturated carbocycles. The summed E-state index contributed by atoms with van der Waals surface area (Å²) in [5, 5.41) is 2.62. The Morgan fingerprint density at radius 2 is 1.90 bits per heavy atom. The van der Waals surface area contributed by atoms with Gasteiger partial charge in [-0.15, -0.1) is 0 Å². The first-order chi connectivity index (χ1) is 10.2. The van der Waals surface area contributed by atoms with Crippen LogP contribution in [-0.4, -0.2) is 5.54 Å². The van der Waals surface area contributed by atoms with Gasteiger partial charge in [-0.25, -0.2) is 0 Å². The molecule has 21 heavy (non-hydrogen) atoms. The molecule has 0 bridgehead atoms. The molecule has 0 saturated heterocycles. The molecule has 2 aromatic rings. The molecule has 0 radical (unpaired) electrons. The van der Waals surface area contributed by atoms with Crippen LogP contribution in [0.15, 0.2) is 66.8 Å². The summed E-state index contributed by atoms with van der Waals surface area (Å²) in [6.07, 6.45) is 12.2. The molecule has 0 amide bonds. The first kappa shape index (κ1) is 12.8. The van der Waals surface area contributed by atoms with Crippen LogP contribution in [-0.2, 0) is 6.42 Å². The minimum absolute atomic E-state index is 0.00262. The van der Waals surface area contributed by atoms with Crippen molar-refractivity contribution in [2.75, 3.05) is 0 Å². The molecule has 1 heteroatoms. The van der Waals surface area contributed by atoms with E-state index in [-0.39, 0.29) is 5.54 Å². The molecule has 2 aliphatic rings. The van der Waals surface area contributed by atoms with Gasteiger partial charge in [0.15, 0.2) is 0 Å². The van der Waals surface area contributed by atoms with Gasteiger partial charge in [-0.3, -0.25) is 0 Å². The first-order valence-corrected chi connectivity index (χ1v) is 7.84. The van der Waals surface area contributed by atoms with E-state index < -0.39 is 0 Å². The van der Waals surface area contributed by atoms with Crippen molar-refractivity contribution in [3.05, 3.63) is 72.3 Å². The highest BCUT2D eigenvalue weighted by Gasteiger charge is 2.53. The van der Waals surface area contributed by atoms with Crippen LogP contribution in [0.5, 0.6) is 0 Å². The Labute approximate surface area is 126 Å². The summed E-state index contributed by atoms with van der Waals surface area (Å²) in [7, 11) is 0. The normalized spacial score (nSPS) is 30.7. The summed E-state index contributed by atoms with van der Waals surface area (Å²) in [5.41, 5.74) is 8.01. The average Bonchev–Trinajstić information content (AvgIpc) is 3.19. The smallest absolute Gasteiger partial charge is 0.0233 e. The summed E-state index contributed by atoms with van der Waals surface area (Å²) in [6, 6.07) is 15.3. The maximum atomic E-state index is 6.64. The molecule has 0 aliphatic heterocycles. The molecular weight excluding hydrogens is 254 g/mol. The Bertz CT molecular complexity index is 727. The van der Waals surface area contributed by atoms with Crippen molar-refractivity contribution in [3.8, 4) is 0 Å². The van der Waals surface area contributed by atoms with Crippen molar-refractivity contribution in [1.82, 2.24) is 0 Å². The lowest BCUT2D eigenvalue weighted by Gasteiger charge is -2.18. The lowest BCUT2D eigenvalue weighted by atomic mass is 9.90. The average molecular weight is 275 g/mol. The number of hydrogen-bond acceptors (Lipinski definition) is 1. The van der Waals surface area contributed by atoms with Gasteiger partial charge < -0.3 is 5.73 Å². The van der Waals surface area contributed by atoms with Crippen LogP contribution in [0.3, 0.4) is 0 Å². The third-order valence-corrected chi connectivity index (χ3v) is 5.06. The van der Waals surface area contributed by atoms with Crippen LogP contribution in [0.1, 0.15) is 18.4 Å². The Hall–Kier alpha value is -1.86. The van der Waals surface area contributed by atoms with E-state index in [4.69, 9.17) is 5.73 Å². The molecule has 3 atom stereocenters. The summed E-state index contributed by atoms with van der Waals surface area (Å²) in [4.78, 5) is 0. The summed E-state index contributed by atoms with van der Waals surface area (Å²) in [5.74, 6) is 1.28. The van der Waals surface area contributed by atoms with Crippen LogP contribution >= 0.6 is 0 Å². The van der Waals surface area contributed by atoms with Crippen molar-refractivity contribution in [3.63, 3.8) is 0 Å². The van der Waals surface area contributed by atoms with Crippen molar-refractivity contribution >= 4 is 10.8 Å². The molecule has 2 N–H and O–H groups in total. The fourth-order valence-electron chi connectivity index (χ4n) is 3.76. The zero-order valence-electron chi connectivity index (χ0n) is 12.2. The van der Waals surface area contributed by atoms with Crippen LogP contribution in [0.2, 0.25) is 0 Å². The third-order valence-electron chi connectivity index (χ3n) is 5.06. The van der Waals surface area contributed by atoms with Crippen molar-refractivity contribution in [2.45, 2.75) is 24.8 Å². The van der Waals surface area contributed by atoms with E-state index >= 15 is 0 Å². The quantitative estimate of drug-likeness (QED) is 0.891. The zero-order valence-corrected chi connectivity index (χ0v) is 12.2. The van der Waals surface area contributed by atoms with Crippen molar-refractivity contribution < 1.29 is 0 Å². The minimum Gasteiger partial charge on any atom is -0.325 e. The molecule has 0 heterocycles. The zero-order chi connectivity index (χ0) is 14.3. The van der Waals surface area contributed by atoms with Gasteiger partial charge in [0.25, 0.3) is 0 Å². The fraction of sp³-hybridized carbons (Fsp3) is 0.300. The maximum absolute atomic E-state index is 6.64. The lowest BCUT2D eigenvalue weighted by molar-refractivity contribution is 0.483. The van der Waals surface area contributed by atoms with Gasteiger partial charge in [-0.2, -0.15) is 0 Å². The van der Waals surface area contributed by atoms with Gasteiger partial charge in [-0.1, -0.05) is 66.8 Å². The van der Waals surface area contributed by atoms with Gasteiger partial charge in [0.2, 0.25) is 0 Å². The van der Waals surface area contributed by atoms with Gasteiger partial charge in [0.05, 0.1) is 0 Å². The Kier molecular flexibility index (Phi) is 2.97. The number of allylic oxidation sites excluding steroid dienone is 4. The molecule has 4 rings (SSSR count). The highest BCUT2D eigenvalue weighted by molar-refractivity contribution is 5.83. The maximum Gasteiger partial charge on any atom is 0.0233 e. The van der Waals surface area contributed by atoms with Crippen LogP contribution < -0.4 is 5.73 Å². The summed E-state index contributed by atoms with van der Waals surface area (Å²) in [6.45, 7) is 0. The molecular formula is C20H21N. The largest absolute Gasteiger partial charge is 0.325 e. The molecule has 1 fully saturated rings. The molecule has 2 aliphatic carbocycles. The van der Waals surface area contributed by atoms with Crippen molar-refractivity contribution in [1.29, 1.82) is 0 Å². The second-order valence-corrected chi connectivity index (χ2v) is 6.61. The molecule has 0 spiro atoms. The Morgan fingerprint density at radius 3 is 2.71 bits per heavy atom. The Morgan fingerprint density at radius 1 is 1.05 bits per heavy atom. The Balaban J connectivity index is 1.52. The molecule has 2 aromatic carbocycles. The highest BCUT2D eigenvalue weighted by atomic mass is 14.9. The molecule has 0 aromatic heterocycles. The van der Waals surface area contributed by atoms with E-state index in [0.717, 1.165) is 19.3 Å². The van der Waals surface area contributed by atoms with E-state index in [2.05, 4.69) is 66.8 Å².